The molecule has 2 N–H and O–H groups in total. The molecule has 84 valence electrons. The molecule has 0 aromatic heterocycles. The second kappa shape index (κ2) is 4.29. The number of rotatable bonds is 2. The van der Waals surface area contributed by atoms with Crippen LogP contribution in [0.3, 0.4) is 0 Å². The number of nitrogens with zero attached hydrogens (tertiary/aromatic N) is 3. The third-order valence-corrected chi connectivity index (χ3v) is 2.21. The molecule has 3 amide bonds. The van der Waals surface area contributed by atoms with Gasteiger partial charge in [-0.25, -0.2) is 4.79 Å². The third kappa shape index (κ3) is 2.26. The van der Waals surface area contributed by atoms with Gasteiger partial charge >= 0.3 is 6.03 Å². The summed E-state index contributed by atoms with van der Waals surface area (Å²) in [4.78, 5) is 25.6. The largest absolute Gasteiger partial charge is 0.331 e. The van der Waals surface area contributed by atoms with Crippen molar-refractivity contribution in [1.82, 2.24) is 9.80 Å². The predicted octanol–water partition coefficient (Wildman–Crippen LogP) is 0.199. The molecule has 0 bridgehead atoms. The molecule has 6 heteroatoms. The minimum Gasteiger partial charge on any atom is -0.322 e. The summed E-state index contributed by atoms with van der Waals surface area (Å²) in [6.07, 6.45) is 0.0887. The zero-order chi connectivity index (χ0) is 11.6. The lowest BCUT2D eigenvalue weighted by atomic mass is 10.1. The van der Waals surface area contributed by atoms with Crippen LogP contribution >= 0.6 is 0 Å². The number of nitrogens with two attached hydrogens (primary N) is 1. The summed E-state index contributed by atoms with van der Waals surface area (Å²) in [5.41, 5.74) is 0. The summed E-state index contributed by atoms with van der Waals surface area (Å²) >= 11 is 0. The molecular weight excluding hydrogens is 196 g/mol. The molecule has 1 fully saturated rings. The summed E-state index contributed by atoms with van der Waals surface area (Å²) in [7, 11) is 1.46. The Kier molecular flexibility index (Phi) is 3.28. The average Bonchev–Trinajstić information content (AvgIpc) is 2.18. The number of hydrogen-bond acceptors (Lipinski definition) is 4. The van der Waals surface area contributed by atoms with E-state index in [0.29, 0.717) is 18.3 Å². The maximum atomic E-state index is 11.7. The van der Waals surface area contributed by atoms with Gasteiger partial charge in [-0.2, -0.15) is 5.10 Å². The number of imide groups is 1. The van der Waals surface area contributed by atoms with E-state index in [9.17, 15) is 9.59 Å². The van der Waals surface area contributed by atoms with Gasteiger partial charge in [-0.05, 0) is 5.92 Å². The molecule has 1 saturated heterocycles. The molecule has 0 aliphatic carbocycles. The van der Waals surface area contributed by atoms with Gasteiger partial charge in [0.1, 0.15) is 5.84 Å². The van der Waals surface area contributed by atoms with Gasteiger partial charge in [-0.15, -0.1) is 0 Å². The Hall–Kier alpha value is -1.59. The van der Waals surface area contributed by atoms with Gasteiger partial charge in [0.2, 0.25) is 5.91 Å². The van der Waals surface area contributed by atoms with Crippen LogP contribution in [-0.4, -0.2) is 41.2 Å². The van der Waals surface area contributed by atoms with Crippen LogP contribution in [0.4, 0.5) is 4.79 Å². The van der Waals surface area contributed by atoms with E-state index in [-0.39, 0.29) is 18.4 Å². The Labute approximate surface area is 88.7 Å². The molecule has 15 heavy (non-hydrogen) atoms. The number of urea groups is 1. The molecule has 0 spiro atoms. The van der Waals surface area contributed by atoms with Crippen LogP contribution in [0.5, 0.6) is 0 Å². The first-order chi connectivity index (χ1) is 6.97. The number of amidine groups is 1. The van der Waals surface area contributed by atoms with Crippen molar-refractivity contribution in [2.24, 2.45) is 16.9 Å². The van der Waals surface area contributed by atoms with Crippen LogP contribution in [0.1, 0.15) is 20.3 Å². The summed E-state index contributed by atoms with van der Waals surface area (Å²) in [5, 5.41) is 3.49. The Bertz CT molecular complexity index is 311. The third-order valence-electron chi connectivity index (χ3n) is 2.21. The van der Waals surface area contributed by atoms with Crippen LogP contribution in [0.2, 0.25) is 0 Å². The smallest absolute Gasteiger partial charge is 0.322 e. The summed E-state index contributed by atoms with van der Waals surface area (Å²) in [5.74, 6) is 5.53. The van der Waals surface area contributed by atoms with E-state index < -0.39 is 0 Å². The van der Waals surface area contributed by atoms with Crippen molar-refractivity contribution in [2.45, 2.75) is 20.3 Å². The molecule has 0 aromatic carbocycles. The lowest BCUT2D eigenvalue weighted by Gasteiger charge is -2.33. The minimum absolute atomic E-state index is 0.0887. The van der Waals surface area contributed by atoms with Crippen LogP contribution in [0.15, 0.2) is 5.10 Å². The number of hydrogen-bond donors (Lipinski definition) is 1. The minimum atomic E-state index is -0.357. The maximum absolute atomic E-state index is 11.7. The van der Waals surface area contributed by atoms with Gasteiger partial charge in [0, 0.05) is 13.6 Å². The molecule has 0 atom stereocenters. The lowest BCUT2D eigenvalue weighted by molar-refractivity contribution is -0.127. The van der Waals surface area contributed by atoms with Gasteiger partial charge in [0.15, 0.2) is 0 Å². The van der Waals surface area contributed by atoms with Crippen LogP contribution < -0.4 is 5.84 Å². The maximum Gasteiger partial charge on any atom is 0.331 e. The molecule has 1 rings (SSSR count). The van der Waals surface area contributed by atoms with E-state index in [1.54, 1.807) is 0 Å². The van der Waals surface area contributed by atoms with Gasteiger partial charge in [-0.1, -0.05) is 13.8 Å². The summed E-state index contributed by atoms with van der Waals surface area (Å²) < 4.78 is 0. The molecule has 1 aliphatic heterocycles. The lowest BCUT2D eigenvalue weighted by Crippen LogP contribution is -2.54. The zero-order valence-corrected chi connectivity index (χ0v) is 9.23. The molecule has 1 heterocycles. The highest BCUT2D eigenvalue weighted by molar-refractivity contribution is 6.15. The Morgan fingerprint density at radius 2 is 2.07 bits per heavy atom. The second-order valence-corrected chi connectivity index (χ2v) is 3.96. The molecule has 0 unspecified atom stereocenters. The first-order valence-corrected chi connectivity index (χ1v) is 4.82. The van der Waals surface area contributed by atoms with E-state index in [0.717, 1.165) is 4.90 Å². The van der Waals surface area contributed by atoms with Crippen LogP contribution in [0, 0.1) is 5.92 Å². The van der Waals surface area contributed by atoms with Gasteiger partial charge < -0.3 is 5.84 Å². The standard InChI is InChI=1S/C9H16N4O2/c1-6(2)5-13-7(11-10)4-8(14)12(3)9(13)15/h6H,4-5,10H2,1-3H3/b11-7+. The highest BCUT2D eigenvalue weighted by Gasteiger charge is 2.34. The number of carbonyl (C=O) groups is 2. The van der Waals surface area contributed by atoms with Crippen molar-refractivity contribution < 1.29 is 9.59 Å². The topological polar surface area (TPSA) is 79.0 Å². The van der Waals surface area contributed by atoms with Crippen molar-refractivity contribution in [3.63, 3.8) is 0 Å². The second-order valence-electron chi connectivity index (χ2n) is 3.96. The van der Waals surface area contributed by atoms with Crippen molar-refractivity contribution in [1.29, 1.82) is 0 Å². The Morgan fingerprint density at radius 3 is 2.53 bits per heavy atom. The first kappa shape index (κ1) is 11.5. The fourth-order valence-corrected chi connectivity index (χ4v) is 1.41. The fourth-order valence-electron chi connectivity index (χ4n) is 1.41. The predicted molar refractivity (Wildman–Crippen MR) is 55.9 cm³/mol. The molecule has 1 aliphatic rings. The van der Waals surface area contributed by atoms with E-state index in [2.05, 4.69) is 5.10 Å². The molecule has 0 radical (unpaired) electrons. The summed E-state index contributed by atoms with van der Waals surface area (Å²) in [6, 6.07) is -0.357. The monoisotopic (exact) mass is 212 g/mol. The van der Waals surface area contributed by atoms with Crippen molar-refractivity contribution >= 4 is 17.8 Å². The first-order valence-electron chi connectivity index (χ1n) is 4.82. The average molecular weight is 212 g/mol. The van der Waals surface area contributed by atoms with Crippen molar-refractivity contribution in [3.8, 4) is 0 Å². The summed E-state index contributed by atoms with van der Waals surface area (Å²) in [6.45, 7) is 4.49. The van der Waals surface area contributed by atoms with Crippen molar-refractivity contribution in [3.05, 3.63) is 0 Å². The van der Waals surface area contributed by atoms with Gasteiger partial charge in [0.25, 0.3) is 0 Å². The number of amides is 3. The van der Waals surface area contributed by atoms with E-state index in [4.69, 9.17) is 5.84 Å². The van der Waals surface area contributed by atoms with Gasteiger partial charge in [0.05, 0.1) is 6.42 Å². The highest BCUT2D eigenvalue weighted by atomic mass is 16.2. The number of hydrazone groups is 1. The highest BCUT2D eigenvalue weighted by Crippen LogP contribution is 2.13. The Balaban J connectivity index is 2.90. The Morgan fingerprint density at radius 1 is 1.47 bits per heavy atom. The quantitative estimate of drug-likeness (QED) is 0.524. The molecule has 6 nitrogen and oxygen atoms in total. The molecular formula is C9H16N4O2. The normalized spacial score (nSPS) is 20.7. The van der Waals surface area contributed by atoms with Crippen molar-refractivity contribution in [2.75, 3.05) is 13.6 Å². The van der Waals surface area contributed by atoms with E-state index in [1.807, 2.05) is 13.8 Å². The fraction of sp³-hybridized carbons (Fsp3) is 0.667. The molecule has 0 aromatic rings. The zero-order valence-electron chi connectivity index (χ0n) is 9.23. The van der Waals surface area contributed by atoms with Crippen LogP contribution in [0.25, 0.3) is 0 Å². The number of carbonyl (C=O) groups excluding carboxylic acids is 2. The molecule has 0 saturated carbocycles. The van der Waals surface area contributed by atoms with E-state index in [1.165, 1.54) is 11.9 Å². The van der Waals surface area contributed by atoms with E-state index >= 15 is 0 Å². The van der Waals surface area contributed by atoms with Crippen LogP contribution in [-0.2, 0) is 4.79 Å². The SMILES string of the molecule is CC(C)CN1C(=O)N(C)C(=O)C/C1=N\N. The van der Waals surface area contributed by atoms with Gasteiger partial charge in [-0.3, -0.25) is 14.6 Å².